The van der Waals surface area contributed by atoms with Crippen LogP contribution >= 0.6 is 0 Å². The highest BCUT2D eigenvalue weighted by Gasteiger charge is 2.26. The van der Waals surface area contributed by atoms with Gasteiger partial charge in [0.2, 0.25) is 0 Å². The van der Waals surface area contributed by atoms with Crippen LogP contribution < -0.4 is 5.73 Å². The first-order valence-corrected chi connectivity index (χ1v) is 7.50. The van der Waals surface area contributed by atoms with Crippen molar-refractivity contribution in [1.29, 1.82) is 0 Å². The molecule has 0 aromatic carbocycles. The number of likely N-dealkylation sites (tertiary alicyclic amines) is 1. The molecule has 0 radical (unpaired) electrons. The number of rotatable bonds is 4. The van der Waals surface area contributed by atoms with Crippen LogP contribution in [0.4, 0.5) is 4.79 Å². The third-order valence-electron chi connectivity index (χ3n) is 3.74. The van der Waals surface area contributed by atoms with E-state index in [0.29, 0.717) is 5.92 Å². The molecule has 0 aromatic heterocycles. The van der Waals surface area contributed by atoms with Crippen molar-refractivity contribution in [2.75, 3.05) is 19.6 Å². The van der Waals surface area contributed by atoms with Gasteiger partial charge in [-0.05, 0) is 58.4 Å². The number of amides is 1. The Morgan fingerprint density at radius 2 is 1.95 bits per heavy atom. The Hall–Kier alpha value is -0.770. The van der Waals surface area contributed by atoms with Gasteiger partial charge in [-0.25, -0.2) is 4.79 Å². The average molecular weight is 270 g/mol. The molecular formula is C15H30N2O2. The van der Waals surface area contributed by atoms with Crippen LogP contribution in [0.25, 0.3) is 0 Å². The van der Waals surface area contributed by atoms with Gasteiger partial charge < -0.3 is 15.4 Å². The number of nitrogens with two attached hydrogens (primary N) is 1. The van der Waals surface area contributed by atoms with Gasteiger partial charge in [0.15, 0.2) is 0 Å². The molecule has 2 N–H and O–H groups in total. The van der Waals surface area contributed by atoms with Crippen LogP contribution in [-0.4, -0.2) is 36.2 Å². The third kappa shape index (κ3) is 6.28. The number of nitrogens with zero attached hydrogens (tertiary/aromatic N) is 1. The van der Waals surface area contributed by atoms with Crippen LogP contribution in [-0.2, 0) is 4.74 Å². The number of hydrogen-bond donors (Lipinski definition) is 1. The summed E-state index contributed by atoms with van der Waals surface area (Å²) in [4.78, 5) is 13.8. The number of carbonyl (C=O) groups excluding carboxylic acids is 1. The summed E-state index contributed by atoms with van der Waals surface area (Å²) in [6, 6.07) is 0. The van der Waals surface area contributed by atoms with E-state index >= 15 is 0 Å². The third-order valence-corrected chi connectivity index (χ3v) is 3.74. The Morgan fingerprint density at radius 3 is 2.42 bits per heavy atom. The standard InChI is InChI=1S/C15H30N2O2/c1-12(11-16)5-6-13-7-9-17(10-8-13)14(18)19-15(2,3)4/h12-13H,5-11,16H2,1-4H3. The molecule has 112 valence electrons. The Kier molecular flexibility index (Phi) is 6.11. The lowest BCUT2D eigenvalue weighted by Crippen LogP contribution is -2.41. The Balaban J connectivity index is 2.27. The van der Waals surface area contributed by atoms with Gasteiger partial charge in [-0.1, -0.05) is 13.3 Å². The van der Waals surface area contributed by atoms with Crippen molar-refractivity contribution in [3.63, 3.8) is 0 Å². The van der Waals surface area contributed by atoms with Gasteiger partial charge in [0.25, 0.3) is 0 Å². The summed E-state index contributed by atoms with van der Waals surface area (Å²) in [5, 5.41) is 0. The zero-order chi connectivity index (χ0) is 14.5. The van der Waals surface area contributed by atoms with E-state index in [4.69, 9.17) is 10.5 Å². The molecule has 1 unspecified atom stereocenters. The maximum Gasteiger partial charge on any atom is 0.410 e. The zero-order valence-electron chi connectivity index (χ0n) is 12.9. The molecule has 1 atom stereocenters. The molecule has 0 aromatic rings. The van der Waals surface area contributed by atoms with Gasteiger partial charge in [-0.3, -0.25) is 0 Å². The molecule has 1 aliphatic rings. The predicted molar refractivity (Wildman–Crippen MR) is 78.0 cm³/mol. The van der Waals surface area contributed by atoms with E-state index in [0.717, 1.165) is 38.4 Å². The van der Waals surface area contributed by atoms with Gasteiger partial charge in [-0.15, -0.1) is 0 Å². The molecule has 1 fully saturated rings. The summed E-state index contributed by atoms with van der Waals surface area (Å²) in [7, 11) is 0. The van der Waals surface area contributed by atoms with Crippen molar-refractivity contribution in [2.45, 2.75) is 59.0 Å². The SMILES string of the molecule is CC(CN)CCC1CCN(C(=O)OC(C)(C)C)CC1. The molecule has 0 spiro atoms. The molecule has 4 nitrogen and oxygen atoms in total. The van der Waals surface area contributed by atoms with E-state index in [1.165, 1.54) is 12.8 Å². The molecule has 1 saturated heterocycles. The van der Waals surface area contributed by atoms with E-state index in [9.17, 15) is 4.79 Å². The van der Waals surface area contributed by atoms with E-state index in [2.05, 4.69) is 6.92 Å². The molecule has 1 rings (SSSR count). The lowest BCUT2D eigenvalue weighted by atomic mass is 9.89. The van der Waals surface area contributed by atoms with E-state index in [-0.39, 0.29) is 6.09 Å². The minimum atomic E-state index is -0.398. The molecule has 0 aliphatic carbocycles. The van der Waals surface area contributed by atoms with Gasteiger partial charge in [0.05, 0.1) is 0 Å². The predicted octanol–water partition coefficient (Wildman–Crippen LogP) is 3.01. The number of hydrogen-bond acceptors (Lipinski definition) is 3. The first kappa shape index (κ1) is 16.3. The van der Waals surface area contributed by atoms with E-state index < -0.39 is 5.60 Å². The summed E-state index contributed by atoms with van der Waals surface area (Å²) in [6.07, 6.45) is 4.46. The quantitative estimate of drug-likeness (QED) is 0.854. The van der Waals surface area contributed by atoms with Crippen molar-refractivity contribution in [3.8, 4) is 0 Å². The molecule has 4 heteroatoms. The molecule has 0 bridgehead atoms. The lowest BCUT2D eigenvalue weighted by molar-refractivity contribution is 0.0179. The fraction of sp³-hybridized carbons (Fsp3) is 0.933. The highest BCUT2D eigenvalue weighted by Crippen LogP contribution is 2.24. The minimum Gasteiger partial charge on any atom is -0.444 e. The number of piperidine rings is 1. The van der Waals surface area contributed by atoms with Gasteiger partial charge in [0.1, 0.15) is 5.60 Å². The molecule has 0 saturated carbocycles. The second kappa shape index (κ2) is 7.13. The Labute approximate surface area is 117 Å². The lowest BCUT2D eigenvalue weighted by Gasteiger charge is -2.33. The smallest absolute Gasteiger partial charge is 0.410 e. The van der Waals surface area contributed by atoms with E-state index in [1.807, 2.05) is 25.7 Å². The largest absolute Gasteiger partial charge is 0.444 e. The molecular weight excluding hydrogens is 240 g/mol. The normalized spacial score (nSPS) is 19.3. The number of ether oxygens (including phenoxy) is 1. The first-order valence-electron chi connectivity index (χ1n) is 7.50. The van der Waals surface area contributed by atoms with Crippen LogP contribution in [0.15, 0.2) is 0 Å². The second-order valence-corrected chi connectivity index (χ2v) is 6.83. The van der Waals surface area contributed by atoms with Crippen LogP contribution in [0.1, 0.15) is 53.4 Å². The topological polar surface area (TPSA) is 55.6 Å². The monoisotopic (exact) mass is 270 g/mol. The van der Waals surface area contributed by atoms with Crippen molar-refractivity contribution in [2.24, 2.45) is 17.6 Å². The fourth-order valence-electron chi connectivity index (χ4n) is 2.37. The van der Waals surface area contributed by atoms with Crippen molar-refractivity contribution >= 4 is 6.09 Å². The summed E-state index contributed by atoms with van der Waals surface area (Å²) >= 11 is 0. The molecule has 19 heavy (non-hydrogen) atoms. The van der Waals surface area contributed by atoms with E-state index in [1.54, 1.807) is 0 Å². The molecule has 1 heterocycles. The molecule has 1 amide bonds. The van der Waals surface area contributed by atoms with Gasteiger partial charge in [-0.2, -0.15) is 0 Å². The summed E-state index contributed by atoms with van der Waals surface area (Å²) < 4.78 is 5.40. The highest BCUT2D eigenvalue weighted by molar-refractivity contribution is 5.68. The van der Waals surface area contributed by atoms with Crippen LogP contribution in [0.5, 0.6) is 0 Å². The summed E-state index contributed by atoms with van der Waals surface area (Å²) in [6.45, 7) is 10.4. The highest BCUT2D eigenvalue weighted by atomic mass is 16.6. The van der Waals surface area contributed by atoms with Crippen molar-refractivity contribution in [1.82, 2.24) is 4.90 Å². The van der Waals surface area contributed by atoms with Gasteiger partial charge in [0, 0.05) is 13.1 Å². The minimum absolute atomic E-state index is 0.165. The van der Waals surface area contributed by atoms with Gasteiger partial charge >= 0.3 is 6.09 Å². The average Bonchev–Trinajstić information content (AvgIpc) is 2.34. The Bertz CT molecular complexity index is 278. The van der Waals surface area contributed by atoms with Crippen LogP contribution in [0, 0.1) is 11.8 Å². The molecule has 1 aliphatic heterocycles. The fourth-order valence-corrected chi connectivity index (χ4v) is 2.37. The first-order chi connectivity index (χ1) is 8.81. The number of carbonyl (C=O) groups is 1. The van der Waals surface area contributed by atoms with Crippen LogP contribution in [0.3, 0.4) is 0 Å². The zero-order valence-corrected chi connectivity index (χ0v) is 12.9. The maximum absolute atomic E-state index is 11.9. The second-order valence-electron chi connectivity index (χ2n) is 6.83. The maximum atomic E-state index is 11.9. The summed E-state index contributed by atoms with van der Waals surface area (Å²) in [5.41, 5.74) is 5.24. The van der Waals surface area contributed by atoms with Crippen molar-refractivity contribution < 1.29 is 9.53 Å². The van der Waals surface area contributed by atoms with Crippen molar-refractivity contribution in [3.05, 3.63) is 0 Å². The van der Waals surface area contributed by atoms with Crippen LogP contribution in [0.2, 0.25) is 0 Å². The summed E-state index contributed by atoms with van der Waals surface area (Å²) in [5.74, 6) is 1.36. The Morgan fingerprint density at radius 1 is 1.37 bits per heavy atom.